The third-order valence-electron chi connectivity index (χ3n) is 3.04. The first-order valence-electron chi connectivity index (χ1n) is 6.47. The van der Waals surface area contributed by atoms with Gasteiger partial charge in [0.25, 0.3) is 5.56 Å². The molecule has 6 heteroatoms. The molecule has 0 aliphatic heterocycles. The molecule has 110 valence electrons. The largest absolute Gasteiger partial charge is 0.507 e. The molecular weight excluding hydrogens is 270 g/mol. The fourth-order valence-electron chi connectivity index (χ4n) is 1.76. The maximum absolute atomic E-state index is 11.5. The van der Waals surface area contributed by atoms with Crippen molar-refractivity contribution in [1.29, 1.82) is 0 Å². The van der Waals surface area contributed by atoms with E-state index >= 15 is 0 Å². The van der Waals surface area contributed by atoms with E-state index in [1.807, 2.05) is 12.1 Å². The number of nitrogens with zero attached hydrogens (tertiary/aromatic N) is 1. The van der Waals surface area contributed by atoms with Gasteiger partial charge in [-0.3, -0.25) is 9.78 Å². The van der Waals surface area contributed by atoms with Gasteiger partial charge in [-0.05, 0) is 23.1 Å². The van der Waals surface area contributed by atoms with Gasteiger partial charge in [-0.1, -0.05) is 26.8 Å². The van der Waals surface area contributed by atoms with Crippen molar-refractivity contribution >= 4 is 11.9 Å². The van der Waals surface area contributed by atoms with Gasteiger partial charge in [-0.25, -0.2) is 9.79 Å². The Hall–Kier alpha value is -2.63. The number of rotatable bonds is 2. The average molecular weight is 287 g/mol. The maximum Gasteiger partial charge on any atom is 0.325 e. The minimum absolute atomic E-state index is 0.0637. The SMILES string of the molecule is CC(C)(C)c1ccc(O)c(/C=N/c2c[nH]c(=O)[nH]c2=O)c1. The Morgan fingerprint density at radius 1 is 1.24 bits per heavy atom. The van der Waals surface area contributed by atoms with Crippen molar-refractivity contribution in [3.05, 3.63) is 56.4 Å². The molecule has 0 saturated heterocycles. The second-order valence-corrected chi connectivity index (χ2v) is 5.74. The first-order chi connectivity index (χ1) is 9.77. The van der Waals surface area contributed by atoms with Crippen LogP contribution in [0.1, 0.15) is 31.9 Å². The molecule has 0 unspecified atom stereocenters. The molecule has 0 spiro atoms. The maximum atomic E-state index is 11.5. The van der Waals surface area contributed by atoms with Crippen LogP contribution in [0.3, 0.4) is 0 Å². The Morgan fingerprint density at radius 2 is 1.95 bits per heavy atom. The molecule has 0 bridgehead atoms. The molecule has 3 N–H and O–H groups in total. The molecule has 0 aliphatic rings. The van der Waals surface area contributed by atoms with E-state index in [1.165, 1.54) is 12.4 Å². The van der Waals surface area contributed by atoms with Crippen molar-refractivity contribution in [3.63, 3.8) is 0 Å². The second-order valence-electron chi connectivity index (χ2n) is 5.74. The predicted molar refractivity (Wildman–Crippen MR) is 81.7 cm³/mol. The van der Waals surface area contributed by atoms with E-state index in [0.717, 1.165) is 5.56 Å². The summed E-state index contributed by atoms with van der Waals surface area (Å²) in [6.07, 6.45) is 2.62. The summed E-state index contributed by atoms with van der Waals surface area (Å²) < 4.78 is 0. The summed E-state index contributed by atoms with van der Waals surface area (Å²) in [5, 5.41) is 9.86. The third-order valence-corrected chi connectivity index (χ3v) is 3.04. The van der Waals surface area contributed by atoms with Crippen LogP contribution in [0.4, 0.5) is 5.69 Å². The molecule has 0 saturated carbocycles. The number of aromatic amines is 2. The topological polar surface area (TPSA) is 98.3 Å². The first kappa shape index (κ1) is 14.8. The highest BCUT2D eigenvalue weighted by Crippen LogP contribution is 2.26. The zero-order chi connectivity index (χ0) is 15.6. The van der Waals surface area contributed by atoms with Crippen LogP contribution < -0.4 is 11.2 Å². The summed E-state index contributed by atoms with van der Waals surface area (Å²) in [7, 11) is 0. The minimum atomic E-state index is -0.587. The van der Waals surface area contributed by atoms with Gasteiger partial charge < -0.3 is 10.1 Å². The van der Waals surface area contributed by atoms with Gasteiger partial charge in [0, 0.05) is 18.0 Å². The van der Waals surface area contributed by atoms with Crippen LogP contribution in [0.25, 0.3) is 0 Å². The number of benzene rings is 1. The lowest BCUT2D eigenvalue weighted by Crippen LogP contribution is -2.20. The fraction of sp³-hybridized carbons (Fsp3) is 0.267. The number of aliphatic imine (C=N–C) groups is 1. The van der Waals surface area contributed by atoms with Crippen molar-refractivity contribution in [2.75, 3.05) is 0 Å². The van der Waals surface area contributed by atoms with Gasteiger partial charge in [-0.2, -0.15) is 0 Å². The molecule has 2 rings (SSSR count). The van der Waals surface area contributed by atoms with Crippen LogP contribution in [-0.4, -0.2) is 21.3 Å². The van der Waals surface area contributed by atoms with Gasteiger partial charge in [0.2, 0.25) is 0 Å². The fourth-order valence-corrected chi connectivity index (χ4v) is 1.76. The molecular formula is C15H17N3O3. The predicted octanol–water partition coefficient (Wildman–Crippen LogP) is 1.82. The van der Waals surface area contributed by atoms with Crippen LogP contribution in [0, 0.1) is 0 Å². The summed E-state index contributed by atoms with van der Waals surface area (Å²) in [4.78, 5) is 30.9. The lowest BCUT2D eigenvalue weighted by Gasteiger charge is -2.19. The van der Waals surface area contributed by atoms with E-state index in [-0.39, 0.29) is 16.9 Å². The van der Waals surface area contributed by atoms with Gasteiger partial charge in [-0.15, -0.1) is 0 Å². The lowest BCUT2D eigenvalue weighted by atomic mass is 9.86. The Balaban J connectivity index is 2.41. The number of H-pyrrole nitrogens is 2. The molecule has 0 fully saturated rings. The molecule has 0 radical (unpaired) electrons. The van der Waals surface area contributed by atoms with Crippen molar-refractivity contribution in [1.82, 2.24) is 9.97 Å². The van der Waals surface area contributed by atoms with Gasteiger partial charge in [0.1, 0.15) is 11.4 Å². The summed E-state index contributed by atoms with van der Waals surface area (Å²) in [6, 6.07) is 5.26. The van der Waals surface area contributed by atoms with Gasteiger partial charge in [0.05, 0.1) is 0 Å². The van der Waals surface area contributed by atoms with Crippen LogP contribution in [0.5, 0.6) is 5.75 Å². The molecule has 1 aromatic heterocycles. The Bertz CT molecular complexity index is 795. The quantitative estimate of drug-likeness (QED) is 0.735. The van der Waals surface area contributed by atoms with E-state index < -0.39 is 11.2 Å². The van der Waals surface area contributed by atoms with E-state index in [9.17, 15) is 14.7 Å². The smallest absolute Gasteiger partial charge is 0.325 e. The third kappa shape index (κ3) is 3.47. The summed E-state index contributed by atoms with van der Waals surface area (Å²) >= 11 is 0. The molecule has 6 nitrogen and oxygen atoms in total. The van der Waals surface area contributed by atoms with Gasteiger partial charge >= 0.3 is 5.69 Å². The van der Waals surface area contributed by atoms with Crippen molar-refractivity contribution in [2.24, 2.45) is 4.99 Å². The zero-order valence-electron chi connectivity index (χ0n) is 12.1. The van der Waals surface area contributed by atoms with Crippen LogP contribution in [-0.2, 0) is 5.41 Å². The minimum Gasteiger partial charge on any atom is -0.507 e. The second kappa shape index (κ2) is 5.40. The number of phenols is 1. The molecule has 21 heavy (non-hydrogen) atoms. The van der Waals surface area contributed by atoms with Crippen LogP contribution in [0.15, 0.2) is 39.0 Å². The number of nitrogens with one attached hydrogen (secondary N) is 2. The number of hydrogen-bond acceptors (Lipinski definition) is 4. The lowest BCUT2D eigenvalue weighted by molar-refractivity contribution is 0.473. The molecule has 0 atom stereocenters. The highest BCUT2D eigenvalue weighted by atomic mass is 16.3. The van der Waals surface area contributed by atoms with Crippen molar-refractivity contribution in [3.8, 4) is 5.75 Å². The van der Waals surface area contributed by atoms with E-state index in [0.29, 0.717) is 5.56 Å². The number of phenolic OH excluding ortho intramolecular Hbond substituents is 1. The molecule has 0 amide bonds. The summed E-state index contributed by atoms with van der Waals surface area (Å²) in [6.45, 7) is 6.19. The average Bonchev–Trinajstić information content (AvgIpc) is 2.38. The first-order valence-corrected chi connectivity index (χ1v) is 6.47. The highest BCUT2D eigenvalue weighted by molar-refractivity contribution is 5.85. The molecule has 2 aromatic rings. The highest BCUT2D eigenvalue weighted by Gasteiger charge is 2.14. The summed E-state index contributed by atoms with van der Waals surface area (Å²) in [5.41, 5.74) is 0.379. The van der Waals surface area contributed by atoms with Gasteiger partial charge in [0.15, 0.2) is 0 Å². The standard InChI is InChI=1S/C15H17N3O3/c1-15(2,3)10-4-5-12(19)9(6-10)7-16-11-8-17-14(21)18-13(11)20/h4-8,19H,1-3H3,(H2,17,18,20,21)/b16-7+. The molecule has 0 aliphatic carbocycles. The Morgan fingerprint density at radius 3 is 2.57 bits per heavy atom. The van der Waals surface area contributed by atoms with E-state index in [4.69, 9.17) is 0 Å². The Kier molecular flexibility index (Phi) is 3.80. The number of aromatic hydroxyl groups is 1. The number of aromatic nitrogens is 2. The van der Waals surface area contributed by atoms with Crippen LogP contribution in [0.2, 0.25) is 0 Å². The van der Waals surface area contributed by atoms with Crippen molar-refractivity contribution < 1.29 is 5.11 Å². The monoisotopic (exact) mass is 287 g/mol. The molecule has 1 aromatic carbocycles. The van der Waals surface area contributed by atoms with E-state index in [1.54, 1.807) is 6.07 Å². The van der Waals surface area contributed by atoms with Crippen LogP contribution >= 0.6 is 0 Å². The number of hydrogen-bond donors (Lipinski definition) is 3. The van der Waals surface area contributed by atoms with Crippen molar-refractivity contribution in [2.45, 2.75) is 26.2 Å². The zero-order valence-corrected chi connectivity index (χ0v) is 12.1. The molecule has 1 heterocycles. The van der Waals surface area contributed by atoms with E-state index in [2.05, 4.69) is 35.7 Å². The normalized spacial score (nSPS) is 12.0. The Labute approximate surface area is 121 Å². The summed E-state index contributed by atoms with van der Waals surface area (Å²) in [5.74, 6) is 0.0765.